The van der Waals surface area contributed by atoms with E-state index in [1.54, 1.807) is 74.7 Å². The van der Waals surface area contributed by atoms with Gasteiger partial charge in [0, 0.05) is 13.6 Å². The first-order valence-electron chi connectivity index (χ1n) is 8.75. The van der Waals surface area contributed by atoms with Crippen molar-refractivity contribution in [2.45, 2.75) is 0 Å². The Bertz CT molecular complexity index is 903. The molecular formula is C21H22N2O5. The minimum Gasteiger partial charge on any atom is -0.497 e. The van der Waals surface area contributed by atoms with Crippen molar-refractivity contribution in [3.63, 3.8) is 0 Å². The molecule has 0 saturated heterocycles. The standard InChI is InChI=1S/C21H22N2O5/c1-22(12-13-24)19-18(14-4-8-16(27-2)9-5-14)20(25)23(21(19)26)15-6-10-17(28-3)11-7-15/h4-11,24H,12-13H2,1-3H3. The molecular weight excluding hydrogens is 360 g/mol. The molecule has 0 unspecified atom stereocenters. The normalized spacial score (nSPS) is 13.9. The average Bonchev–Trinajstić information content (AvgIpc) is 2.98. The number of rotatable bonds is 7. The molecule has 3 rings (SSSR count). The Kier molecular flexibility index (Phi) is 5.65. The predicted octanol–water partition coefficient (Wildman–Crippen LogP) is 1.91. The fourth-order valence-corrected chi connectivity index (χ4v) is 3.12. The first kappa shape index (κ1) is 19.4. The lowest BCUT2D eigenvalue weighted by Crippen LogP contribution is -2.34. The topological polar surface area (TPSA) is 79.3 Å². The van der Waals surface area contributed by atoms with E-state index in [1.807, 2.05) is 0 Å². The second kappa shape index (κ2) is 8.14. The lowest BCUT2D eigenvalue weighted by molar-refractivity contribution is -0.120. The molecule has 0 saturated carbocycles. The number of carbonyl (C=O) groups excluding carboxylic acids is 2. The zero-order chi connectivity index (χ0) is 20.3. The van der Waals surface area contributed by atoms with Gasteiger partial charge in [0.1, 0.15) is 17.2 Å². The lowest BCUT2D eigenvalue weighted by Gasteiger charge is -2.20. The molecule has 1 N–H and O–H groups in total. The molecule has 0 aliphatic carbocycles. The molecule has 0 radical (unpaired) electrons. The first-order valence-corrected chi connectivity index (χ1v) is 8.75. The van der Waals surface area contributed by atoms with Crippen molar-refractivity contribution >= 4 is 23.1 Å². The van der Waals surface area contributed by atoms with Crippen LogP contribution in [-0.2, 0) is 9.59 Å². The number of aliphatic hydroxyl groups is 1. The molecule has 1 aliphatic rings. The summed E-state index contributed by atoms with van der Waals surface area (Å²) in [4.78, 5) is 29.1. The van der Waals surface area contributed by atoms with Gasteiger partial charge in [-0.2, -0.15) is 0 Å². The van der Waals surface area contributed by atoms with Gasteiger partial charge in [-0.3, -0.25) is 9.59 Å². The van der Waals surface area contributed by atoms with Crippen molar-refractivity contribution in [2.24, 2.45) is 0 Å². The molecule has 7 heteroatoms. The lowest BCUT2D eigenvalue weighted by atomic mass is 10.0. The van der Waals surface area contributed by atoms with Crippen molar-refractivity contribution in [3.05, 3.63) is 59.8 Å². The molecule has 0 fully saturated rings. The molecule has 28 heavy (non-hydrogen) atoms. The summed E-state index contributed by atoms with van der Waals surface area (Å²) in [5.74, 6) is 0.430. The predicted molar refractivity (Wildman–Crippen MR) is 105 cm³/mol. The Morgan fingerprint density at radius 2 is 1.43 bits per heavy atom. The van der Waals surface area contributed by atoms with Crippen molar-refractivity contribution in [2.75, 3.05) is 39.3 Å². The zero-order valence-corrected chi connectivity index (χ0v) is 16.0. The molecule has 0 atom stereocenters. The van der Waals surface area contributed by atoms with Gasteiger partial charge in [0.15, 0.2) is 0 Å². The van der Waals surface area contributed by atoms with Crippen LogP contribution >= 0.6 is 0 Å². The molecule has 1 heterocycles. The smallest absolute Gasteiger partial charge is 0.282 e. The molecule has 7 nitrogen and oxygen atoms in total. The second-order valence-electron chi connectivity index (χ2n) is 6.24. The van der Waals surface area contributed by atoms with E-state index < -0.39 is 11.8 Å². The number of hydrogen-bond donors (Lipinski definition) is 1. The van der Waals surface area contributed by atoms with E-state index in [0.717, 1.165) is 4.90 Å². The summed E-state index contributed by atoms with van der Waals surface area (Å²) >= 11 is 0. The molecule has 146 valence electrons. The van der Waals surface area contributed by atoms with E-state index in [0.29, 0.717) is 28.3 Å². The highest BCUT2D eigenvalue weighted by Gasteiger charge is 2.41. The third kappa shape index (κ3) is 3.44. The Hall–Kier alpha value is -3.32. The van der Waals surface area contributed by atoms with E-state index in [1.165, 1.54) is 0 Å². The number of anilines is 1. The van der Waals surface area contributed by atoms with Crippen LogP contribution in [0.1, 0.15) is 5.56 Å². The molecule has 1 aliphatic heterocycles. The van der Waals surface area contributed by atoms with Gasteiger partial charge >= 0.3 is 0 Å². The summed E-state index contributed by atoms with van der Waals surface area (Å²) in [6.07, 6.45) is 0. The molecule has 0 bridgehead atoms. The largest absolute Gasteiger partial charge is 0.497 e. The number of methoxy groups -OCH3 is 2. The molecule has 0 aromatic heterocycles. The Labute approximate surface area is 163 Å². The Balaban J connectivity index is 2.07. The molecule has 2 aromatic rings. The third-order valence-corrected chi connectivity index (χ3v) is 4.59. The van der Waals surface area contributed by atoms with Crippen LogP contribution in [0.15, 0.2) is 54.2 Å². The highest BCUT2D eigenvalue weighted by Crippen LogP contribution is 2.35. The second-order valence-corrected chi connectivity index (χ2v) is 6.24. The minimum absolute atomic E-state index is 0.139. The van der Waals surface area contributed by atoms with Crippen LogP contribution in [0.25, 0.3) is 5.57 Å². The van der Waals surface area contributed by atoms with Crippen molar-refractivity contribution in [1.82, 2.24) is 4.90 Å². The monoisotopic (exact) mass is 382 g/mol. The van der Waals surface area contributed by atoms with Crippen molar-refractivity contribution in [3.8, 4) is 11.5 Å². The van der Waals surface area contributed by atoms with E-state index in [4.69, 9.17) is 9.47 Å². The van der Waals surface area contributed by atoms with Crippen LogP contribution in [-0.4, -0.2) is 56.2 Å². The van der Waals surface area contributed by atoms with Gasteiger partial charge in [-0.25, -0.2) is 4.90 Å². The summed E-state index contributed by atoms with van der Waals surface area (Å²) in [5.41, 5.74) is 1.60. The van der Waals surface area contributed by atoms with Crippen molar-refractivity contribution in [1.29, 1.82) is 0 Å². The van der Waals surface area contributed by atoms with E-state index in [2.05, 4.69) is 0 Å². The van der Waals surface area contributed by atoms with Crippen LogP contribution in [0.3, 0.4) is 0 Å². The van der Waals surface area contributed by atoms with E-state index in [9.17, 15) is 14.7 Å². The Morgan fingerprint density at radius 1 is 0.893 bits per heavy atom. The number of carbonyl (C=O) groups is 2. The van der Waals surface area contributed by atoms with E-state index in [-0.39, 0.29) is 18.8 Å². The Morgan fingerprint density at radius 3 is 1.93 bits per heavy atom. The van der Waals surface area contributed by atoms with Gasteiger partial charge in [0.05, 0.1) is 32.1 Å². The summed E-state index contributed by atoms with van der Waals surface area (Å²) in [6.45, 7) is 0.0877. The van der Waals surface area contributed by atoms with Crippen LogP contribution < -0.4 is 14.4 Å². The number of benzene rings is 2. The van der Waals surface area contributed by atoms with Crippen LogP contribution in [0.4, 0.5) is 5.69 Å². The van der Waals surface area contributed by atoms with Gasteiger partial charge in [-0.15, -0.1) is 0 Å². The highest BCUT2D eigenvalue weighted by atomic mass is 16.5. The maximum atomic E-state index is 13.2. The fraction of sp³-hybridized carbons (Fsp3) is 0.238. The van der Waals surface area contributed by atoms with Crippen LogP contribution in [0, 0.1) is 0 Å². The number of amides is 2. The van der Waals surface area contributed by atoms with Crippen LogP contribution in [0.2, 0.25) is 0 Å². The SMILES string of the molecule is COc1ccc(C2=C(N(C)CCO)C(=O)N(c3ccc(OC)cc3)C2=O)cc1. The van der Waals surface area contributed by atoms with Gasteiger partial charge in [0.2, 0.25) is 0 Å². The maximum Gasteiger partial charge on any atom is 0.282 e. The zero-order valence-electron chi connectivity index (χ0n) is 16.0. The number of ether oxygens (including phenoxy) is 2. The molecule has 0 spiro atoms. The summed E-state index contributed by atoms with van der Waals surface area (Å²) in [7, 11) is 4.79. The van der Waals surface area contributed by atoms with E-state index >= 15 is 0 Å². The number of nitrogens with zero attached hydrogens (tertiary/aromatic N) is 2. The molecule has 2 amide bonds. The highest BCUT2D eigenvalue weighted by molar-refractivity contribution is 6.45. The first-order chi connectivity index (χ1) is 13.5. The van der Waals surface area contributed by atoms with Gasteiger partial charge in [-0.1, -0.05) is 12.1 Å². The van der Waals surface area contributed by atoms with Crippen LogP contribution in [0.5, 0.6) is 11.5 Å². The van der Waals surface area contributed by atoms with Gasteiger partial charge in [-0.05, 0) is 42.0 Å². The number of aliphatic hydroxyl groups excluding tert-OH is 1. The summed E-state index contributed by atoms with van der Waals surface area (Å²) < 4.78 is 10.3. The fourth-order valence-electron chi connectivity index (χ4n) is 3.12. The third-order valence-electron chi connectivity index (χ3n) is 4.59. The average molecular weight is 382 g/mol. The van der Waals surface area contributed by atoms with Gasteiger partial charge < -0.3 is 19.5 Å². The quantitative estimate of drug-likeness (QED) is 0.737. The number of likely N-dealkylation sites (N-methyl/N-ethyl adjacent to an activating group) is 1. The summed E-state index contributed by atoms with van der Waals surface area (Å²) in [5, 5.41) is 9.31. The molecule has 2 aromatic carbocycles. The van der Waals surface area contributed by atoms with Gasteiger partial charge in [0.25, 0.3) is 11.8 Å². The number of imide groups is 1. The minimum atomic E-state index is -0.433. The number of hydrogen-bond acceptors (Lipinski definition) is 6. The van der Waals surface area contributed by atoms with Crippen molar-refractivity contribution < 1.29 is 24.2 Å². The maximum absolute atomic E-state index is 13.2. The summed E-state index contributed by atoms with van der Waals surface area (Å²) in [6, 6.07) is 13.7.